The molecule has 0 saturated carbocycles. The average Bonchev–Trinajstić information content (AvgIpc) is 2.30. The van der Waals surface area contributed by atoms with Crippen LogP contribution < -0.4 is 0 Å². The molecule has 2 aromatic heterocycles. The van der Waals surface area contributed by atoms with Crippen LogP contribution in [0.5, 0.6) is 0 Å². The Kier molecular flexibility index (Phi) is 1.73. The number of pyridine rings is 1. The molecule has 0 atom stereocenters. The minimum absolute atomic E-state index is 0.837. The molecule has 0 fully saturated rings. The van der Waals surface area contributed by atoms with Gasteiger partial charge in [0.2, 0.25) is 0 Å². The highest BCUT2D eigenvalue weighted by molar-refractivity contribution is 9.13. The van der Waals surface area contributed by atoms with E-state index in [0.29, 0.717) is 0 Å². The second-order valence-corrected chi connectivity index (χ2v) is 3.62. The lowest BCUT2D eigenvalue weighted by Gasteiger charge is -1.90. The summed E-state index contributed by atoms with van der Waals surface area (Å²) in [5, 5.41) is 0. The molecule has 11 heavy (non-hydrogen) atoms. The summed E-state index contributed by atoms with van der Waals surface area (Å²) in [6, 6.07) is 5.88. The first kappa shape index (κ1) is 7.31. The van der Waals surface area contributed by atoms with Gasteiger partial charge >= 0.3 is 0 Å². The van der Waals surface area contributed by atoms with E-state index in [1.54, 1.807) is 0 Å². The highest BCUT2D eigenvalue weighted by atomic mass is 79.9. The second kappa shape index (κ2) is 2.60. The maximum absolute atomic E-state index is 4.25. The third kappa shape index (κ3) is 1.10. The van der Waals surface area contributed by atoms with Crippen LogP contribution in [-0.2, 0) is 0 Å². The van der Waals surface area contributed by atoms with Gasteiger partial charge in [-0.25, -0.2) is 4.98 Å². The third-order valence-electron chi connectivity index (χ3n) is 1.43. The summed E-state index contributed by atoms with van der Waals surface area (Å²) in [7, 11) is 0. The number of nitrogens with zero attached hydrogens (tertiary/aromatic N) is 2. The zero-order chi connectivity index (χ0) is 7.84. The Labute approximate surface area is 80.5 Å². The molecular weight excluding hydrogens is 272 g/mol. The van der Waals surface area contributed by atoms with Crippen LogP contribution in [0.1, 0.15) is 0 Å². The predicted molar refractivity (Wildman–Crippen MR) is 50.6 cm³/mol. The number of rotatable bonds is 0. The molecule has 0 N–H and O–H groups in total. The normalized spacial score (nSPS) is 10.7. The zero-order valence-corrected chi connectivity index (χ0v) is 8.63. The monoisotopic (exact) mass is 274 g/mol. The Morgan fingerprint density at radius 3 is 2.82 bits per heavy atom. The molecule has 2 aromatic rings. The van der Waals surface area contributed by atoms with Gasteiger partial charge in [-0.3, -0.25) is 4.40 Å². The minimum Gasteiger partial charge on any atom is -0.293 e. The van der Waals surface area contributed by atoms with Crippen LogP contribution in [0.3, 0.4) is 0 Å². The number of aromatic nitrogens is 2. The van der Waals surface area contributed by atoms with Gasteiger partial charge in [0.25, 0.3) is 0 Å². The first-order valence-electron chi connectivity index (χ1n) is 3.07. The van der Waals surface area contributed by atoms with Crippen LogP contribution in [-0.4, -0.2) is 9.38 Å². The molecular formula is C7H4Br2N2. The molecule has 0 unspecified atom stereocenters. The highest BCUT2D eigenvalue weighted by Crippen LogP contribution is 2.22. The van der Waals surface area contributed by atoms with E-state index in [9.17, 15) is 0 Å². The molecule has 0 aliphatic carbocycles. The Morgan fingerprint density at radius 1 is 1.27 bits per heavy atom. The summed E-state index contributed by atoms with van der Waals surface area (Å²) in [5.41, 5.74) is 0.936. The van der Waals surface area contributed by atoms with E-state index in [0.717, 1.165) is 14.9 Å². The second-order valence-electron chi connectivity index (χ2n) is 2.12. The Bertz CT molecular complexity index is 394. The first-order valence-corrected chi connectivity index (χ1v) is 4.66. The van der Waals surface area contributed by atoms with Crippen LogP contribution in [0.4, 0.5) is 0 Å². The van der Waals surface area contributed by atoms with Crippen molar-refractivity contribution >= 4 is 37.5 Å². The number of hydrogen-bond acceptors (Lipinski definition) is 1. The molecule has 2 nitrogen and oxygen atoms in total. The molecule has 0 bridgehead atoms. The van der Waals surface area contributed by atoms with Gasteiger partial charge in [-0.05, 0) is 44.0 Å². The van der Waals surface area contributed by atoms with Crippen LogP contribution in [0.15, 0.2) is 33.6 Å². The van der Waals surface area contributed by atoms with Crippen molar-refractivity contribution in [3.05, 3.63) is 33.6 Å². The first-order chi connectivity index (χ1) is 5.29. The van der Waals surface area contributed by atoms with Crippen LogP contribution >= 0.6 is 31.9 Å². The van der Waals surface area contributed by atoms with E-state index in [2.05, 4.69) is 36.8 Å². The van der Waals surface area contributed by atoms with Gasteiger partial charge < -0.3 is 0 Å². The lowest BCUT2D eigenvalue weighted by Crippen LogP contribution is -1.80. The summed E-state index contributed by atoms with van der Waals surface area (Å²) in [5.74, 6) is 0. The molecule has 0 aliphatic rings. The van der Waals surface area contributed by atoms with Gasteiger partial charge in [0, 0.05) is 6.20 Å². The smallest absolute Gasteiger partial charge is 0.139 e. The van der Waals surface area contributed by atoms with E-state index in [1.807, 2.05) is 28.8 Å². The van der Waals surface area contributed by atoms with Gasteiger partial charge in [-0.2, -0.15) is 0 Å². The van der Waals surface area contributed by atoms with E-state index in [-0.39, 0.29) is 0 Å². The maximum Gasteiger partial charge on any atom is 0.139 e. The van der Waals surface area contributed by atoms with Crippen LogP contribution in [0.2, 0.25) is 0 Å². The molecule has 2 rings (SSSR count). The predicted octanol–water partition coefficient (Wildman–Crippen LogP) is 2.86. The molecule has 0 aliphatic heterocycles. The van der Waals surface area contributed by atoms with Gasteiger partial charge in [-0.15, -0.1) is 0 Å². The fourth-order valence-corrected chi connectivity index (χ4v) is 1.70. The maximum atomic E-state index is 4.25. The van der Waals surface area contributed by atoms with Gasteiger partial charge in [0.05, 0.1) is 0 Å². The SMILES string of the molecule is Brc1nc2ccccn2c1Br. The van der Waals surface area contributed by atoms with Crippen LogP contribution in [0.25, 0.3) is 5.65 Å². The van der Waals surface area contributed by atoms with E-state index in [1.165, 1.54) is 0 Å². The Morgan fingerprint density at radius 2 is 2.09 bits per heavy atom. The topological polar surface area (TPSA) is 17.3 Å². The molecule has 56 valence electrons. The van der Waals surface area contributed by atoms with E-state index in [4.69, 9.17) is 0 Å². The molecule has 0 radical (unpaired) electrons. The van der Waals surface area contributed by atoms with Crippen LogP contribution in [0, 0.1) is 0 Å². The molecule has 0 amide bonds. The number of hydrogen-bond donors (Lipinski definition) is 0. The molecule has 2 heterocycles. The average molecular weight is 276 g/mol. The van der Waals surface area contributed by atoms with Crippen molar-refractivity contribution in [1.82, 2.24) is 9.38 Å². The van der Waals surface area contributed by atoms with Crippen molar-refractivity contribution in [3.63, 3.8) is 0 Å². The molecule has 0 spiro atoms. The summed E-state index contributed by atoms with van der Waals surface area (Å²) in [6.45, 7) is 0. The standard InChI is InChI=1S/C7H4Br2N2/c8-6-7(9)11-4-2-1-3-5(11)10-6/h1-4H. The lowest BCUT2D eigenvalue weighted by atomic mass is 10.5. The van der Waals surface area contributed by atoms with Gasteiger partial charge in [0.15, 0.2) is 0 Å². The summed E-state index contributed by atoms with van der Waals surface area (Å²) < 4.78 is 3.75. The fraction of sp³-hybridized carbons (Fsp3) is 0. The Balaban J connectivity index is 2.92. The van der Waals surface area contributed by atoms with Crippen molar-refractivity contribution in [1.29, 1.82) is 0 Å². The minimum atomic E-state index is 0.837. The largest absolute Gasteiger partial charge is 0.293 e. The summed E-state index contributed by atoms with van der Waals surface area (Å²) >= 11 is 6.73. The zero-order valence-electron chi connectivity index (χ0n) is 5.46. The van der Waals surface area contributed by atoms with E-state index < -0.39 is 0 Å². The van der Waals surface area contributed by atoms with E-state index >= 15 is 0 Å². The van der Waals surface area contributed by atoms with Crippen molar-refractivity contribution in [2.75, 3.05) is 0 Å². The quantitative estimate of drug-likeness (QED) is 0.723. The van der Waals surface area contributed by atoms with Crippen molar-refractivity contribution in [3.8, 4) is 0 Å². The summed E-state index contributed by atoms with van der Waals surface area (Å²) in [4.78, 5) is 4.25. The van der Waals surface area contributed by atoms with Gasteiger partial charge in [-0.1, -0.05) is 6.07 Å². The Hall–Kier alpha value is -0.350. The number of fused-ring (bicyclic) bond motifs is 1. The number of halogens is 2. The third-order valence-corrected chi connectivity index (χ3v) is 3.28. The van der Waals surface area contributed by atoms with Crippen molar-refractivity contribution < 1.29 is 0 Å². The molecule has 0 saturated heterocycles. The van der Waals surface area contributed by atoms with Gasteiger partial charge in [0.1, 0.15) is 14.9 Å². The number of imidazole rings is 1. The summed E-state index contributed by atoms with van der Waals surface area (Å²) in [6.07, 6.45) is 1.96. The van der Waals surface area contributed by atoms with Crippen molar-refractivity contribution in [2.45, 2.75) is 0 Å². The van der Waals surface area contributed by atoms with Crippen molar-refractivity contribution in [2.24, 2.45) is 0 Å². The fourth-order valence-electron chi connectivity index (χ4n) is 0.937. The molecule has 4 heteroatoms. The molecule has 0 aromatic carbocycles. The highest BCUT2D eigenvalue weighted by Gasteiger charge is 2.03. The lowest BCUT2D eigenvalue weighted by molar-refractivity contribution is 1.15.